The van der Waals surface area contributed by atoms with E-state index in [9.17, 15) is 26.3 Å². The maximum absolute atomic E-state index is 13.0. The minimum atomic E-state index is -4.02. The smallest absolute Gasteiger partial charge is 0.294 e. The molecule has 1 aliphatic rings. The number of rotatable bonds is 9. The van der Waals surface area contributed by atoms with Gasteiger partial charge in [-0.3, -0.25) is 9.11 Å². The van der Waals surface area contributed by atoms with Crippen LogP contribution in [0.5, 0.6) is 5.75 Å². The Labute approximate surface area is 308 Å². The quantitative estimate of drug-likeness (QED) is 0.138. The summed E-state index contributed by atoms with van der Waals surface area (Å²) < 4.78 is 79.0. The van der Waals surface area contributed by atoms with Crippen LogP contribution < -0.4 is 9.64 Å². The molecule has 1 atom stereocenters. The zero-order valence-corrected chi connectivity index (χ0v) is 31.8. The maximum atomic E-state index is 13.0. The van der Waals surface area contributed by atoms with Crippen LogP contribution in [0.2, 0.25) is 0 Å². The Kier molecular flexibility index (Phi) is 13.9. The van der Waals surface area contributed by atoms with E-state index in [2.05, 4.69) is 35.0 Å². The second kappa shape index (κ2) is 17.7. The zero-order valence-electron chi connectivity index (χ0n) is 29.4. The third-order valence-corrected chi connectivity index (χ3v) is 11.1. The van der Waals surface area contributed by atoms with Crippen molar-refractivity contribution < 1.29 is 40.2 Å². The van der Waals surface area contributed by atoms with Gasteiger partial charge >= 0.3 is 0 Å². The number of ether oxygens (including phenoxy) is 1. The second-order valence-corrected chi connectivity index (χ2v) is 16.8. The summed E-state index contributed by atoms with van der Waals surface area (Å²) >= 11 is 1.74. The molecule has 52 heavy (non-hydrogen) atoms. The van der Waals surface area contributed by atoms with Crippen LogP contribution >= 0.6 is 11.3 Å². The number of piperidine rings is 1. The summed E-state index contributed by atoms with van der Waals surface area (Å²) in [6.45, 7) is 8.03. The number of halogens is 1. The highest BCUT2D eigenvalue weighted by Crippen LogP contribution is 2.31. The summed E-state index contributed by atoms with van der Waals surface area (Å²) in [6, 6.07) is 26.5. The maximum Gasteiger partial charge on any atom is 0.294 e. The van der Waals surface area contributed by atoms with Crippen molar-refractivity contribution in [2.45, 2.75) is 55.0 Å². The van der Waals surface area contributed by atoms with Gasteiger partial charge in [0.15, 0.2) is 5.13 Å². The largest absolute Gasteiger partial charge is 0.491 e. The van der Waals surface area contributed by atoms with E-state index in [1.54, 1.807) is 54.7 Å². The number of hydrogen-bond acceptors (Lipinski definition) is 10. The lowest BCUT2D eigenvalue weighted by Crippen LogP contribution is -2.50. The standard InChI is InChI=1S/C23H28FN3O2S.2C7H8O3S/c1-23(28,16-29-19-9-7-17(24)8-10-19)15-27-13-11-18(12-14-27)26(2)22-25-20-5-3-4-6-21(20)30-22;2*1-6-2-4-7(5-3-6)11(8,9)10/h3-10,18,28H,11-16H2,1-2H3;2*2-5H,1H3,(H,8,9,10). The summed E-state index contributed by atoms with van der Waals surface area (Å²) in [4.78, 5) is 9.23. The number of aliphatic hydroxyl groups is 1. The highest BCUT2D eigenvalue weighted by atomic mass is 32.2. The van der Waals surface area contributed by atoms with Crippen LogP contribution in [0.1, 0.15) is 30.9 Å². The molecule has 0 aliphatic carbocycles. The Hall–Kier alpha value is -3.96. The summed E-state index contributed by atoms with van der Waals surface area (Å²) in [7, 11) is -5.91. The highest BCUT2D eigenvalue weighted by molar-refractivity contribution is 7.86. The van der Waals surface area contributed by atoms with Gasteiger partial charge in [0.05, 0.1) is 20.0 Å². The van der Waals surface area contributed by atoms with Gasteiger partial charge in [-0.05, 0) is 94.3 Å². The molecule has 0 saturated carbocycles. The number of anilines is 1. The molecule has 0 amide bonds. The molecule has 15 heteroatoms. The second-order valence-electron chi connectivity index (χ2n) is 12.9. The average Bonchev–Trinajstić information content (AvgIpc) is 3.53. The minimum absolute atomic E-state index is 0.0666. The number of para-hydroxylation sites is 1. The van der Waals surface area contributed by atoms with E-state index in [1.165, 1.54) is 41.1 Å². The number of nitrogens with zero attached hydrogens (tertiary/aromatic N) is 3. The van der Waals surface area contributed by atoms with E-state index in [1.807, 2.05) is 19.9 Å². The van der Waals surface area contributed by atoms with E-state index in [4.69, 9.17) is 18.8 Å². The number of fused-ring (bicyclic) bond motifs is 1. The van der Waals surface area contributed by atoms with Gasteiger partial charge in [-0.25, -0.2) is 9.37 Å². The predicted molar refractivity (Wildman–Crippen MR) is 202 cm³/mol. The highest BCUT2D eigenvalue weighted by Gasteiger charge is 2.30. The fourth-order valence-corrected chi connectivity index (χ4v) is 7.31. The van der Waals surface area contributed by atoms with E-state index < -0.39 is 25.8 Å². The van der Waals surface area contributed by atoms with E-state index in [-0.39, 0.29) is 22.2 Å². The number of aryl methyl sites for hydroxylation is 2. The van der Waals surface area contributed by atoms with Crippen molar-refractivity contribution in [1.29, 1.82) is 0 Å². The topological polar surface area (TPSA) is 158 Å². The minimum Gasteiger partial charge on any atom is -0.491 e. The molecule has 1 fully saturated rings. The molecule has 2 heterocycles. The van der Waals surface area contributed by atoms with Crippen LogP contribution in [0.4, 0.5) is 9.52 Å². The van der Waals surface area contributed by atoms with Gasteiger partial charge in [0.25, 0.3) is 20.2 Å². The molecule has 3 N–H and O–H groups in total. The number of β-amino-alcohol motifs (C(OH)–C–C–N with tert-alkyl or cyclic N) is 1. The molecule has 0 spiro atoms. The van der Waals surface area contributed by atoms with Gasteiger partial charge in [-0.15, -0.1) is 0 Å². The van der Waals surface area contributed by atoms with E-state index >= 15 is 0 Å². The fourth-order valence-electron chi connectivity index (χ4n) is 5.35. The average molecular weight is 774 g/mol. The third kappa shape index (κ3) is 12.6. The fraction of sp³-hybridized carbons (Fsp3) is 0.324. The lowest BCUT2D eigenvalue weighted by atomic mass is 10.0. The van der Waals surface area contributed by atoms with Crippen molar-refractivity contribution >= 4 is 46.9 Å². The molecule has 0 radical (unpaired) electrons. The Bertz CT molecular complexity index is 1990. The molecule has 0 bridgehead atoms. The van der Waals surface area contributed by atoms with Crippen LogP contribution in [0.15, 0.2) is 107 Å². The van der Waals surface area contributed by atoms with Crippen molar-refractivity contribution in [1.82, 2.24) is 9.88 Å². The van der Waals surface area contributed by atoms with Gasteiger partial charge < -0.3 is 19.6 Å². The van der Waals surface area contributed by atoms with E-state index in [0.29, 0.717) is 18.3 Å². The lowest BCUT2D eigenvalue weighted by molar-refractivity contribution is -0.0220. The summed E-state index contributed by atoms with van der Waals surface area (Å²) in [5.74, 6) is 0.264. The van der Waals surface area contributed by atoms with Crippen molar-refractivity contribution in [3.05, 3.63) is 114 Å². The van der Waals surface area contributed by atoms with Gasteiger partial charge in [0, 0.05) is 32.7 Å². The van der Waals surface area contributed by atoms with Crippen molar-refractivity contribution in [2.75, 3.05) is 38.2 Å². The number of benzene rings is 4. The van der Waals surface area contributed by atoms with Crippen LogP contribution in [-0.4, -0.2) is 85.9 Å². The molecule has 1 saturated heterocycles. The first-order valence-electron chi connectivity index (χ1n) is 16.4. The monoisotopic (exact) mass is 773 g/mol. The number of aromatic nitrogens is 1. The van der Waals surface area contributed by atoms with Crippen LogP contribution in [0, 0.1) is 19.7 Å². The van der Waals surface area contributed by atoms with E-state index in [0.717, 1.165) is 47.7 Å². The first-order chi connectivity index (χ1) is 24.4. The summed E-state index contributed by atoms with van der Waals surface area (Å²) in [5, 5.41) is 11.8. The van der Waals surface area contributed by atoms with Gasteiger partial charge in [0.2, 0.25) is 0 Å². The molecule has 5 aromatic rings. The normalized spacial score (nSPS) is 15.1. The molecule has 280 valence electrons. The molecule has 1 aliphatic heterocycles. The van der Waals surface area contributed by atoms with Crippen molar-refractivity contribution in [3.63, 3.8) is 0 Å². The Morgan fingerprint density at radius 1 is 0.846 bits per heavy atom. The summed E-state index contributed by atoms with van der Waals surface area (Å²) in [6.07, 6.45) is 2.06. The van der Waals surface area contributed by atoms with Crippen molar-refractivity contribution in [2.24, 2.45) is 0 Å². The first kappa shape index (κ1) is 40.8. The molecular formula is C37H44FN3O8S3. The first-order valence-corrected chi connectivity index (χ1v) is 20.1. The number of hydrogen-bond donors (Lipinski definition) is 3. The summed E-state index contributed by atoms with van der Waals surface area (Å²) in [5.41, 5.74) is 1.99. The molecule has 11 nitrogen and oxygen atoms in total. The molecule has 6 rings (SSSR count). The molecule has 1 unspecified atom stereocenters. The molecule has 4 aromatic carbocycles. The SMILES string of the molecule is CN(c1nc2ccccc2s1)C1CCN(CC(C)(O)COc2ccc(F)cc2)CC1.Cc1ccc(S(=O)(=O)O)cc1.Cc1ccc(S(=O)(=O)O)cc1. The number of thiazole rings is 1. The Morgan fingerprint density at radius 2 is 1.35 bits per heavy atom. The molecule has 1 aromatic heterocycles. The van der Waals surface area contributed by atoms with Gasteiger partial charge in [-0.1, -0.05) is 58.9 Å². The van der Waals surface area contributed by atoms with Crippen LogP contribution in [0.25, 0.3) is 10.2 Å². The van der Waals surface area contributed by atoms with Gasteiger partial charge in [-0.2, -0.15) is 16.8 Å². The van der Waals surface area contributed by atoms with Crippen molar-refractivity contribution in [3.8, 4) is 5.75 Å². The Balaban J connectivity index is 0.000000224. The zero-order chi connectivity index (χ0) is 38.1. The van der Waals surface area contributed by atoms with Crippen LogP contribution in [0.3, 0.4) is 0 Å². The third-order valence-electron chi connectivity index (χ3n) is 8.25. The predicted octanol–water partition coefficient (Wildman–Crippen LogP) is 6.65. The lowest BCUT2D eigenvalue weighted by Gasteiger charge is -2.39. The number of likely N-dealkylation sites (tertiary alicyclic amines) is 1. The Morgan fingerprint density at radius 3 is 1.83 bits per heavy atom. The van der Waals surface area contributed by atoms with Crippen LogP contribution in [-0.2, 0) is 20.2 Å². The molecular weight excluding hydrogens is 730 g/mol. The van der Waals surface area contributed by atoms with Gasteiger partial charge in [0.1, 0.15) is 23.8 Å².